The quantitative estimate of drug-likeness (QED) is 0.693. The van der Waals surface area contributed by atoms with Gasteiger partial charge in [0.2, 0.25) is 0 Å². The van der Waals surface area contributed by atoms with Crippen molar-refractivity contribution in [2.45, 2.75) is 6.42 Å². The Morgan fingerprint density at radius 3 is 2.85 bits per heavy atom. The molecule has 1 aromatic carbocycles. The molecule has 4 nitrogen and oxygen atoms in total. The lowest BCUT2D eigenvalue weighted by molar-refractivity contribution is 0.0994. The van der Waals surface area contributed by atoms with Crippen molar-refractivity contribution in [1.82, 2.24) is 15.0 Å². The summed E-state index contributed by atoms with van der Waals surface area (Å²) in [4.78, 5) is 25.0. The summed E-state index contributed by atoms with van der Waals surface area (Å²) in [6.45, 7) is 0. The van der Waals surface area contributed by atoms with E-state index in [0.29, 0.717) is 17.5 Å². The summed E-state index contributed by atoms with van der Waals surface area (Å²) in [5.41, 5.74) is 2.83. The zero-order valence-electron chi connectivity index (χ0n) is 10.5. The van der Waals surface area contributed by atoms with E-state index in [9.17, 15) is 4.79 Å². The molecule has 5 heteroatoms. The summed E-state index contributed by atoms with van der Waals surface area (Å²) < 4.78 is 0.862. The topological polar surface area (TPSA) is 55.7 Å². The number of carbonyl (C=O) groups is 1. The molecule has 3 rings (SSSR count). The van der Waals surface area contributed by atoms with E-state index in [0.717, 1.165) is 15.6 Å². The van der Waals surface area contributed by atoms with E-state index in [1.807, 2.05) is 18.2 Å². The van der Waals surface area contributed by atoms with E-state index in [1.54, 1.807) is 30.9 Å². The van der Waals surface area contributed by atoms with Crippen LogP contribution < -0.4 is 0 Å². The number of ketones is 1. The second-order valence-electron chi connectivity index (χ2n) is 4.34. The molecule has 0 spiro atoms. The van der Waals surface area contributed by atoms with Crippen LogP contribution in [0.25, 0.3) is 11.0 Å². The highest BCUT2D eigenvalue weighted by Crippen LogP contribution is 2.17. The van der Waals surface area contributed by atoms with Gasteiger partial charge in [0.05, 0.1) is 11.0 Å². The number of aromatic nitrogens is 3. The van der Waals surface area contributed by atoms with Crippen LogP contribution in [0.3, 0.4) is 0 Å². The van der Waals surface area contributed by atoms with E-state index in [-0.39, 0.29) is 5.78 Å². The Balaban J connectivity index is 1.97. The number of nitrogens with zero attached hydrogens (tertiary/aromatic N) is 3. The van der Waals surface area contributed by atoms with Crippen LogP contribution in [0.5, 0.6) is 0 Å². The van der Waals surface area contributed by atoms with Gasteiger partial charge in [-0.3, -0.25) is 19.7 Å². The van der Waals surface area contributed by atoms with Crippen molar-refractivity contribution in [3.05, 3.63) is 64.7 Å². The third-order valence-corrected chi connectivity index (χ3v) is 3.36. The molecule has 0 radical (unpaired) electrons. The van der Waals surface area contributed by atoms with Crippen LogP contribution in [0.15, 0.2) is 53.5 Å². The predicted molar refractivity (Wildman–Crippen MR) is 79.5 cm³/mol. The Labute approximate surface area is 124 Å². The third-order valence-electron chi connectivity index (χ3n) is 2.93. The Morgan fingerprint density at radius 2 is 2.00 bits per heavy atom. The fraction of sp³-hybridized carbons (Fsp3) is 0.0667. The Kier molecular flexibility index (Phi) is 3.52. The number of halogens is 1. The molecule has 0 atom stereocenters. The predicted octanol–water partition coefficient (Wildman–Crippen LogP) is 3.21. The van der Waals surface area contributed by atoms with Gasteiger partial charge in [-0.25, -0.2) is 0 Å². The molecule has 98 valence electrons. The lowest BCUT2D eigenvalue weighted by atomic mass is 10.0. The lowest BCUT2D eigenvalue weighted by Gasteiger charge is -2.04. The maximum atomic E-state index is 12.4. The molecule has 0 bridgehead atoms. The van der Waals surface area contributed by atoms with Crippen molar-refractivity contribution in [2.24, 2.45) is 0 Å². The summed E-state index contributed by atoms with van der Waals surface area (Å²) in [6, 6.07) is 7.34. The van der Waals surface area contributed by atoms with Crippen LogP contribution in [0.1, 0.15) is 15.9 Å². The first-order chi connectivity index (χ1) is 9.74. The monoisotopic (exact) mass is 327 g/mol. The molecule has 0 aliphatic rings. The summed E-state index contributed by atoms with van der Waals surface area (Å²) in [6.07, 6.45) is 6.90. The number of rotatable bonds is 3. The number of hydrogen-bond acceptors (Lipinski definition) is 4. The summed E-state index contributed by atoms with van der Waals surface area (Å²) in [7, 11) is 0. The number of hydrogen-bond donors (Lipinski definition) is 0. The second-order valence-corrected chi connectivity index (χ2v) is 5.26. The largest absolute Gasteiger partial charge is 0.294 e. The third kappa shape index (κ3) is 2.58. The summed E-state index contributed by atoms with van der Waals surface area (Å²) in [5, 5.41) is 0. The number of para-hydroxylation sites is 1. The SMILES string of the molecule is O=C(Cc1cncc(Br)c1)c1cccc2nccnc12. The Morgan fingerprint density at radius 1 is 1.15 bits per heavy atom. The minimum atomic E-state index is 0.0102. The first kappa shape index (κ1) is 12.9. The van der Waals surface area contributed by atoms with Gasteiger partial charge >= 0.3 is 0 Å². The lowest BCUT2D eigenvalue weighted by Crippen LogP contribution is -2.05. The van der Waals surface area contributed by atoms with Crippen LogP contribution in [-0.4, -0.2) is 20.7 Å². The summed E-state index contributed by atoms with van der Waals surface area (Å²) in [5.74, 6) is 0.0102. The first-order valence-corrected chi connectivity index (χ1v) is 6.86. The first-order valence-electron chi connectivity index (χ1n) is 6.06. The number of pyridine rings is 1. The maximum Gasteiger partial charge on any atom is 0.169 e. The van der Waals surface area contributed by atoms with E-state index < -0.39 is 0 Å². The summed E-state index contributed by atoms with van der Waals surface area (Å²) >= 11 is 3.35. The molecular formula is C15H10BrN3O. The molecule has 2 aromatic heterocycles. The molecule has 0 N–H and O–H groups in total. The van der Waals surface area contributed by atoms with Gasteiger partial charge < -0.3 is 0 Å². The van der Waals surface area contributed by atoms with Gasteiger partial charge in [-0.15, -0.1) is 0 Å². The van der Waals surface area contributed by atoms with Crippen LogP contribution in [0.4, 0.5) is 0 Å². The van der Waals surface area contributed by atoms with Crippen molar-refractivity contribution >= 4 is 32.7 Å². The number of benzene rings is 1. The molecule has 0 aliphatic heterocycles. The Bertz CT molecular complexity index is 783. The van der Waals surface area contributed by atoms with E-state index in [2.05, 4.69) is 30.9 Å². The minimum Gasteiger partial charge on any atom is -0.294 e. The van der Waals surface area contributed by atoms with Gasteiger partial charge in [0, 0.05) is 41.2 Å². The van der Waals surface area contributed by atoms with Crippen LogP contribution in [0.2, 0.25) is 0 Å². The number of carbonyl (C=O) groups excluding carboxylic acids is 1. The molecule has 0 aliphatic carbocycles. The molecule has 3 aromatic rings. The smallest absolute Gasteiger partial charge is 0.169 e. The van der Waals surface area contributed by atoms with Crippen molar-refractivity contribution in [3.63, 3.8) is 0 Å². The minimum absolute atomic E-state index is 0.0102. The average Bonchev–Trinajstić information content (AvgIpc) is 2.46. The molecule has 0 saturated carbocycles. The molecule has 0 fully saturated rings. The highest BCUT2D eigenvalue weighted by Gasteiger charge is 2.12. The fourth-order valence-corrected chi connectivity index (χ4v) is 2.46. The molecule has 0 saturated heterocycles. The van der Waals surface area contributed by atoms with Crippen molar-refractivity contribution in [2.75, 3.05) is 0 Å². The molecule has 20 heavy (non-hydrogen) atoms. The maximum absolute atomic E-state index is 12.4. The molecule has 0 unspecified atom stereocenters. The zero-order chi connectivity index (χ0) is 13.9. The van der Waals surface area contributed by atoms with Gasteiger partial charge in [-0.1, -0.05) is 6.07 Å². The highest BCUT2D eigenvalue weighted by molar-refractivity contribution is 9.10. The van der Waals surface area contributed by atoms with Crippen molar-refractivity contribution < 1.29 is 4.79 Å². The van der Waals surface area contributed by atoms with E-state index in [1.165, 1.54) is 0 Å². The second kappa shape index (κ2) is 5.46. The average molecular weight is 328 g/mol. The van der Waals surface area contributed by atoms with Gasteiger partial charge in [0.15, 0.2) is 5.78 Å². The van der Waals surface area contributed by atoms with Gasteiger partial charge in [-0.05, 0) is 39.7 Å². The zero-order valence-corrected chi connectivity index (χ0v) is 12.0. The molecule has 0 amide bonds. The Hall–Kier alpha value is -2.14. The van der Waals surface area contributed by atoms with Crippen LogP contribution in [-0.2, 0) is 6.42 Å². The van der Waals surface area contributed by atoms with Crippen LogP contribution in [0, 0.1) is 0 Å². The van der Waals surface area contributed by atoms with Crippen LogP contribution >= 0.6 is 15.9 Å². The normalized spacial score (nSPS) is 10.7. The van der Waals surface area contributed by atoms with Crippen molar-refractivity contribution in [1.29, 1.82) is 0 Å². The standard InChI is InChI=1S/C15H10BrN3O/c16-11-6-10(8-17-9-11)7-14(20)12-2-1-3-13-15(12)19-5-4-18-13/h1-6,8-9H,7H2. The van der Waals surface area contributed by atoms with Gasteiger partial charge in [0.25, 0.3) is 0 Å². The van der Waals surface area contributed by atoms with E-state index >= 15 is 0 Å². The van der Waals surface area contributed by atoms with Crippen molar-refractivity contribution in [3.8, 4) is 0 Å². The molecule has 2 heterocycles. The number of fused-ring (bicyclic) bond motifs is 1. The van der Waals surface area contributed by atoms with Gasteiger partial charge in [-0.2, -0.15) is 0 Å². The number of Topliss-reactive ketones (excluding diaryl/α,β-unsaturated/α-hetero) is 1. The highest BCUT2D eigenvalue weighted by atomic mass is 79.9. The van der Waals surface area contributed by atoms with Gasteiger partial charge in [0.1, 0.15) is 0 Å². The van der Waals surface area contributed by atoms with E-state index in [4.69, 9.17) is 0 Å². The molecular weight excluding hydrogens is 318 g/mol. The fourth-order valence-electron chi connectivity index (χ4n) is 2.05.